The van der Waals surface area contributed by atoms with E-state index in [2.05, 4.69) is 0 Å². The number of carbonyl (C=O) groups excluding carboxylic acids is 1. The highest BCUT2D eigenvalue weighted by Crippen LogP contribution is 2.39. The van der Waals surface area contributed by atoms with Crippen LogP contribution in [0, 0.1) is 0 Å². The van der Waals surface area contributed by atoms with Gasteiger partial charge in [0, 0.05) is 5.56 Å². The van der Waals surface area contributed by atoms with Gasteiger partial charge in [-0.05, 0) is 36.1 Å². The van der Waals surface area contributed by atoms with Gasteiger partial charge in [-0.3, -0.25) is 0 Å². The van der Waals surface area contributed by atoms with Gasteiger partial charge in [0.2, 0.25) is 0 Å². The minimum Gasteiger partial charge on any atom is -0.504 e. The molecule has 1 aromatic rings. The van der Waals surface area contributed by atoms with Gasteiger partial charge in [0.25, 0.3) is 0 Å². The number of cyclic esters (lactones) is 1. The number of carbonyl (C=O) groups is 1. The Balaban J connectivity index is 2.23. The van der Waals surface area contributed by atoms with Crippen LogP contribution in [0.4, 0.5) is 0 Å². The summed E-state index contributed by atoms with van der Waals surface area (Å²) in [7, 11) is 4.51. The normalized spacial score (nSPS) is 20.2. The molecule has 0 bridgehead atoms. The van der Waals surface area contributed by atoms with Crippen LogP contribution in [-0.2, 0) is 20.7 Å². The maximum absolute atomic E-state index is 12.0. The molecule has 2 aliphatic rings. The van der Waals surface area contributed by atoms with E-state index < -0.39 is 5.97 Å². The van der Waals surface area contributed by atoms with Crippen LogP contribution in [0.2, 0.25) is 0 Å². The van der Waals surface area contributed by atoms with E-state index in [9.17, 15) is 9.90 Å². The largest absolute Gasteiger partial charge is 0.504 e. The summed E-state index contributed by atoms with van der Waals surface area (Å²) in [6.45, 7) is 0.233. The first-order valence-corrected chi connectivity index (χ1v) is 7.22. The molecule has 3 rings (SSSR count). The summed E-state index contributed by atoms with van der Waals surface area (Å²) in [4.78, 5) is 12.0. The maximum Gasteiger partial charge on any atom is 0.342 e. The van der Waals surface area contributed by atoms with E-state index in [1.165, 1.54) is 14.2 Å². The lowest BCUT2D eigenvalue weighted by molar-refractivity contribution is -0.136. The maximum atomic E-state index is 12.0. The topological polar surface area (TPSA) is 74.2 Å². The van der Waals surface area contributed by atoms with Crippen LogP contribution in [0.5, 0.6) is 11.5 Å². The predicted molar refractivity (Wildman–Crippen MR) is 82.4 cm³/mol. The van der Waals surface area contributed by atoms with Crippen LogP contribution in [-0.4, -0.2) is 39.0 Å². The molecule has 0 unspecified atom stereocenters. The molecule has 0 saturated heterocycles. The van der Waals surface area contributed by atoms with E-state index in [0.717, 1.165) is 11.1 Å². The Morgan fingerprint density at radius 3 is 2.39 bits per heavy atom. The third-order valence-corrected chi connectivity index (χ3v) is 4.14. The second kappa shape index (κ2) is 5.87. The van der Waals surface area contributed by atoms with E-state index in [0.29, 0.717) is 35.5 Å². The summed E-state index contributed by atoms with van der Waals surface area (Å²) >= 11 is 0. The first-order chi connectivity index (χ1) is 11.1. The van der Waals surface area contributed by atoms with Crippen molar-refractivity contribution in [1.29, 1.82) is 0 Å². The van der Waals surface area contributed by atoms with Crippen molar-refractivity contribution in [1.82, 2.24) is 0 Å². The number of aliphatic hydroxyl groups is 1. The van der Waals surface area contributed by atoms with Gasteiger partial charge < -0.3 is 24.1 Å². The molecule has 1 heterocycles. The van der Waals surface area contributed by atoms with Gasteiger partial charge in [-0.1, -0.05) is 0 Å². The number of rotatable bonds is 3. The molecule has 0 saturated carbocycles. The Kier molecular flexibility index (Phi) is 3.90. The number of aryl methyl sites for hydroxylation is 1. The summed E-state index contributed by atoms with van der Waals surface area (Å²) in [6.07, 6.45) is 1.29. The lowest BCUT2D eigenvalue weighted by Gasteiger charge is -2.19. The van der Waals surface area contributed by atoms with Crippen LogP contribution in [0.25, 0.3) is 5.76 Å². The molecule has 0 radical (unpaired) electrons. The molecule has 122 valence electrons. The Bertz CT molecular complexity index is 729. The minimum atomic E-state index is -0.465. The van der Waals surface area contributed by atoms with Gasteiger partial charge in [-0.25, -0.2) is 4.79 Å². The Morgan fingerprint density at radius 1 is 1.04 bits per heavy atom. The van der Waals surface area contributed by atoms with Gasteiger partial charge in [0.15, 0.2) is 23.0 Å². The third-order valence-electron chi connectivity index (χ3n) is 4.14. The number of methoxy groups -OCH3 is 3. The van der Waals surface area contributed by atoms with E-state index in [4.69, 9.17) is 18.9 Å². The minimum absolute atomic E-state index is 0.102. The fourth-order valence-corrected chi connectivity index (χ4v) is 2.97. The molecule has 23 heavy (non-hydrogen) atoms. The zero-order valence-electron chi connectivity index (χ0n) is 13.3. The summed E-state index contributed by atoms with van der Waals surface area (Å²) in [5.41, 5.74) is 2.61. The van der Waals surface area contributed by atoms with Crippen molar-refractivity contribution in [3.05, 3.63) is 40.2 Å². The van der Waals surface area contributed by atoms with E-state index in [-0.39, 0.29) is 18.1 Å². The van der Waals surface area contributed by atoms with Gasteiger partial charge in [-0.15, -0.1) is 0 Å². The Morgan fingerprint density at radius 2 is 1.74 bits per heavy atom. The molecule has 1 aliphatic heterocycles. The fraction of sp³-hybridized carbons (Fsp3) is 0.353. The monoisotopic (exact) mass is 318 g/mol. The van der Waals surface area contributed by atoms with E-state index in [1.807, 2.05) is 6.07 Å². The first-order valence-electron chi connectivity index (χ1n) is 7.22. The van der Waals surface area contributed by atoms with Crippen molar-refractivity contribution < 1.29 is 28.8 Å². The highest BCUT2D eigenvalue weighted by molar-refractivity contribution is 5.98. The van der Waals surface area contributed by atoms with Crippen LogP contribution in [0.3, 0.4) is 0 Å². The Labute approximate surface area is 133 Å². The quantitative estimate of drug-likeness (QED) is 0.863. The molecule has 0 amide bonds. The van der Waals surface area contributed by atoms with Crippen molar-refractivity contribution in [2.24, 2.45) is 0 Å². The van der Waals surface area contributed by atoms with Crippen molar-refractivity contribution >= 4 is 11.7 Å². The van der Waals surface area contributed by atoms with E-state index >= 15 is 0 Å². The molecule has 6 heteroatoms. The number of hydrogen-bond donors (Lipinski definition) is 1. The predicted octanol–water partition coefficient (Wildman–Crippen LogP) is 2.38. The standard InChI is InChI=1S/C17H18O6/c1-20-12-6-9-4-5-10-8-23-17(19)14(10)16(22-3)15(18)11(9)7-13(12)21-2/h6-7,18H,4-5,8H2,1-3H3/b16-15-. The van der Waals surface area contributed by atoms with Gasteiger partial charge in [0.05, 0.1) is 21.3 Å². The highest BCUT2D eigenvalue weighted by Gasteiger charge is 2.33. The van der Waals surface area contributed by atoms with Crippen LogP contribution in [0.1, 0.15) is 17.5 Å². The first kappa shape index (κ1) is 15.3. The van der Waals surface area contributed by atoms with Crippen molar-refractivity contribution in [3.8, 4) is 11.5 Å². The number of aliphatic hydroxyl groups excluding tert-OH is 1. The van der Waals surface area contributed by atoms with Crippen molar-refractivity contribution in [3.63, 3.8) is 0 Å². The lowest BCUT2D eigenvalue weighted by Crippen LogP contribution is -2.10. The molecule has 0 atom stereocenters. The number of fused-ring (bicyclic) bond motifs is 1. The molecule has 0 aromatic heterocycles. The number of benzene rings is 1. The zero-order chi connectivity index (χ0) is 16.6. The fourth-order valence-electron chi connectivity index (χ4n) is 2.97. The van der Waals surface area contributed by atoms with Gasteiger partial charge >= 0.3 is 5.97 Å². The molecular formula is C17H18O6. The van der Waals surface area contributed by atoms with Crippen molar-refractivity contribution in [2.75, 3.05) is 27.9 Å². The summed E-state index contributed by atoms with van der Waals surface area (Å²) in [5, 5.41) is 10.7. The van der Waals surface area contributed by atoms with E-state index in [1.54, 1.807) is 13.2 Å². The van der Waals surface area contributed by atoms with Crippen LogP contribution in [0.15, 0.2) is 29.0 Å². The smallest absolute Gasteiger partial charge is 0.342 e. The number of hydrogen-bond acceptors (Lipinski definition) is 6. The molecule has 0 fully saturated rings. The van der Waals surface area contributed by atoms with Crippen molar-refractivity contribution in [2.45, 2.75) is 12.8 Å². The molecule has 1 N–H and O–H groups in total. The lowest BCUT2D eigenvalue weighted by atomic mass is 9.91. The third kappa shape index (κ3) is 2.40. The summed E-state index contributed by atoms with van der Waals surface area (Å²) in [5.74, 6) is 0.654. The Hall–Kier alpha value is -2.63. The number of esters is 1. The second-order valence-electron chi connectivity index (χ2n) is 5.30. The average molecular weight is 318 g/mol. The molecule has 1 aliphatic carbocycles. The SMILES string of the molecule is CO/C1=C(\O)c2cc(OC)c(OC)cc2CCC2=C1C(=O)OC2. The second-order valence-corrected chi connectivity index (χ2v) is 5.30. The van der Waals surface area contributed by atoms with Crippen LogP contribution < -0.4 is 9.47 Å². The highest BCUT2D eigenvalue weighted by atomic mass is 16.5. The van der Waals surface area contributed by atoms with Crippen LogP contribution >= 0.6 is 0 Å². The van der Waals surface area contributed by atoms with Gasteiger partial charge in [0.1, 0.15) is 12.2 Å². The zero-order valence-corrected chi connectivity index (χ0v) is 13.3. The van der Waals surface area contributed by atoms with Gasteiger partial charge in [-0.2, -0.15) is 0 Å². The number of ether oxygens (including phenoxy) is 4. The summed E-state index contributed by atoms with van der Waals surface area (Å²) < 4.78 is 21.0. The molecule has 1 aromatic carbocycles. The summed E-state index contributed by atoms with van der Waals surface area (Å²) in [6, 6.07) is 3.52. The molecule has 0 spiro atoms. The average Bonchev–Trinajstić information content (AvgIpc) is 2.92. The molecule has 6 nitrogen and oxygen atoms in total. The molecular weight excluding hydrogens is 300 g/mol.